The fourth-order valence-electron chi connectivity index (χ4n) is 3.60. The van der Waals surface area contributed by atoms with Crippen molar-refractivity contribution in [3.8, 4) is 0 Å². The smallest absolute Gasteiger partial charge is 0.289 e. The van der Waals surface area contributed by atoms with E-state index in [4.69, 9.17) is 8.83 Å². The SMILES string of the molecule is O=C(c1cc(=O)c2ccccc2o1)N1CCC(c2nnc(C3CC3)o2)CC1. The van der Waals surface area contributed by atoms with Crippen LogP contribution in [0.5, 0.6) is 0 Å². The summed E-state index contributed by atoms with van der Waals surface area (Å²) in [5.74, 6) is 1.90. The summed E-state index contributed by atoms with van der Waals surface area (Å²) in [6.45, 7) is 1.14. The van der Waals surface area contributed by atoms with Crippen LogP contribution in [0.25, 0.3) is 11.0 Å². The number of likely N-dealkylation sites (tertiary alicyclic amines) is 1. The zero-order valence-electron chi connectivity index (χ0n) is 14.8. The molecule has 1 aromatic carbocycles. The van der Waals surface area contributed by atoms with Gasteiger partial charge in [-0.1, -0.05) is 12.1 Å². The van der Waals surface area contributed by atoms with Crippen LogP contribution in [-0.2, 0) is 0 Å². The summed E-state index contributed by atoms with van der Waals surface area (Å²) in [6, 6.07) is 8.24. The monoisotopic (exact) mass is 365 g/mol. The van der Waals surface area contributed by atoms with Gasteiger partial charge in [0.2, 0.25) is 11.8 Å². The van der Waals surface area contributed by atoms with E-state index in [1.54, 1.807) is 29.2 Å². The van der Waals surface area contributed by atoms with Crippen LogP contribution in [0.15, 0.2) is 44.0 Å². The van der Waals surface area contributed by atoms with E-state index in [1.807, 2.05) is 0 Å². The summed E-state index contributed by atoms with van der Waals surface area (Å²) < 4.78 is 11.5. The van der Waals surface area contributed by atoms with Gasteiger partial charge in [-0.15, -0.1) is 10.2 Å². The predicted molar refractivity (Wildman–Crippen MR) is 96.6 cm³/mol. The summed E-state index contributed by atoms with van der Waals surface area (Å²) in [4.78, 5) is 26.7. The van der Waals surface area contributed by atoms with Gasteiger partial charge in [0.25, 0.3) is 5.91 Å². The summed E-state index contributed by atoms with van der Waals surface area (Å²) in [6.07, 6.45) is 3.78. The lowest BCUT2D eigenvalue weighted by Gasteiger charge is -2.30. The molecule has 0 bridgehead atoms. The van der Waals surface area contributed by atoms with Gasteiger partial charge in [0.15, 0.2) is 11.2 Å². The molecular formula is C20H19N3O4. The third-order valence-corrected chi connectivity index (χ3v) is 5.36. The van der Waals surface area contributed by atoms with Crippen LogP contribution in [-0.4, -0.2) is 34.1 Å². The van der Waals surface area contributed by atoms with E-state index in [1.165, 1.54) is 6.07 Å². The fraction of sp³-hybridized carbons (Fsp3) is 0.400. The van der Waals surface area contributed by atoms with Crippen LogP contribution in [0.2, 0.25) is 0 Å². The number of hydrogen-bond acceptors (Lipinski definition) is 6. The van der Waals surface area contributed by atoms with E-state index in [9.17, 15) is 9.59 Å². The van der Waals surface area contributed by atoms with Crippen LogP contribution >= 0.6 is 0 Å². The number of aromatic nitrogens is 2. The topological polar surface area (TPSA) is 89.4 Å². The van der Waals surface area contributed by atoms with Crippen LogP contribution < -0.4 is 5.43 Å². The Kier molecular flexibility index (Phi) is 3.81. The number of benzene rings is 1. The number of piperidine rings is 1. The number of rotatable bonds is 3. The molecule has 5 rings (SSSR count). The standard InChI is InChI=1S/C20H19N3O4/c24-15-11-17(26-16-4-2-1-3-14(15)16)20(25)23-9-7-13(8-10-23)19-22-21-18(27-19)12-5-6-12/h1-4,11-13H,5-10H2. The van der Waals surface area contributed by atoms with E-state index in [-0.39, 0.29) is 23.0 Å². The Morgan fingerprint density at radius 1 is 0.963 bits per heavy atom. The molecule has 138 valence electrons. The predicted octanol–water partition coefficient (Wildman–Crippen LogP) is 3.07. The normalized spacial score (nSPS) is 18.1. The largest absolute Gasteiger partial charge is 0.451 e. The van der Waals surface area contributed by atoms with Crippen molar-refractivity contribution in [1.82, 2.24) is 15.1 Å². The number of carbonyl (C=O) groups excluding carboxylic acids is 1. The number of amides is 1. The molecule has 1 saturated heterocycles. The van der Waals surface area contributed by atoms with Gasteiger partial charge in [-0.25, -0.2) is 0 Å². The summed E-state index contributed by atoms with van der Waals surface area (Å²) in [5, 5.41) is 8.82. The lowest BCUT2D eigenvalue weighted by Crippen LogP contribution is -2.38. The minimum Gasteiger partial charge on any atom is -0.451 e. The molecule has 2 aromatic heterocycles. The molecule has 1 saturated carbocycles. The molecule has 7 nitrogen and oxygen atoms in total. The van der Waals surface area contributed by atoms with Gasteiger partial charge in [0, 0.05) is 31.0 Å². The molecule has 0 spiro atoms. The highest BCUT2D eigenvalue weighted by Crippen LogP contribution is 2.40. The number of hydrogen-bond donors (Lipinski definition) is 0. The van der Waals surface area contributed by atoms with Crippen LogP contribution in [0.4, 0.5) is 0 Å². The Bertz CT molecular complexity index is 1060. The lowest BCUT2D eigenvalue weighted by atomic mass is 9.96. The number of fused-ring (bicyclic) bond motifs is 1. The first-order valence-electron chi connectivity index (χ1n) is 9.34. The van der Waals surface area contributed by atoms with E-state index < -0.39 is 0 Å². The zero-order valence-corrected chi connectivity index (χ0v) is 14.8. The molecule has 2 aliphatic rings. The first-order chi connectivity index (χ1) is 13.2. The van der Waals surface area contributed by atoms with Gasteiger partial charge < -0.3 is 13.7 Å². The molecule has 3 heterocycles. The molecule has 1 amide bonds. The lowest BCUT2D eigenvalue weighted by molar-refractivity contribution is 0.0674. The van der Waals surface area contributed by atoms with Crippen molar-refractivity contribution in [2.24, 2.45) is 0 Å². The average molecular weight is 365 g/mol. The highest BCUT2D eigenvalue weighted by molar-refractivity contribution is 5.93. The molecule has 0 atom stereocenters. The molecule has 0 radical (unpaired) electrons. The third kappa shape index (κ3) is 3.03. The maximum absolute atomic E-state index is 12.8. The maximum atomic E-state index is 12.8. The Labute approximate surface area is 155 Å². The van der Waals surface area contributed by atoms with E-state index in [0.29, 0.717) is 35.9 Å². The summed E-state index contributed by atoms with van der Waals surface area (Å²) in [7, 11) is 0. The van der Waals surface area contributed by atoms with E-state index >= 15 is 0 Å². The first-order valence-corrected chi connectivity index (χ1v) is 9.34. The van der Waals surface area contributed by atoms with Crippen molar-refractivity contribution < 1.29 is 13.6 Å². The Morgan fingerprint density at radius 3 is 2.33 bits per heavy atom. The van der Waals surface area contributed by atoms with Crippen molar-refractivity contribution in [3.63, 3.8) is 0 Å². The van der Waals surface area contributed by atoms with Crippen LogP contribution in [0.1, 0.15) is 59.9 Å². The van der Waals surface area contributed by atoms with Gasteiger partial charge in [0.05, 0.1) is 5.39 Å². The highest BCUT2D eigenvalue weighted by Gasteiger charge is 2.32. The van der Waals surface area contributed by atoms with Gasteiger partial charge in [-0.3, -0.25) is 9.59 Å². The van der Waals surface area contributed by atoms with E-state index in [0.717, 1.165) is 31.6 Å². The van der Waals surface area contributed by atoms with Crippen molar-refractivity contribution in [1.29, 1.82) is 0 Å². The fourth-order valence-corrected chi connectivity index (χ4v) is 3.60. The summed E-state index contributed by atoms with van der Waals surface area (Å²) in [5.41, 5.74) is 0.232. The van der Waals surface area contributed by atoms with Crippen molar-refractivity contribution in [2.75, 3.05) is 13.1 Å². The summed E-state index contributed by atoms with van der Waals surface area (Å²) >= 11 is 0. The van der Waals surface area contributed by atoms with Crippen molar-refractivity contribution in [3.05, 3.63) is 58.1 Å². The molecule has 1 aliphatic carbocycles. The Morgan fingerprint density at radius 2 is 1.63 bits per heavy atom. The number of nitrogens with zero attached hydrogens (tertiary/aromatic N) is 3. The quantitative estimate of drug-likeness (QED) is 0.709. The van der Waals surface area contributed by atoms with E-state index in [2.05, 4.69) is 10.2 Å². The third-order valence-electron chi connectivity index (χ3n) is 5.36. The minimum absolute atomic E-state index is 0.0889. The molecule has 3 aromatic rings. The van der Waals surface area contributed by atoms with Crippen molar-refractivity contribution in [2.45, 2.75) is 37.5 Å². The molecule has 27 heavy (non-hydrogen) atoms. The highest BCUT2D eigenvalue weighted by atomic mass is 16.4. The van der Waals surface area contributed by atoms with Crippen LogP contribution in [0.3, 0.4) is 0 Å². The second-order valence-corrected chi connectivity index (χ2v) is 7.29. The molecule has 1 aliphatic heterocycles. The van der Waals surface area contributed by atoms with Gasteiger partial charge in [0.1, 0.15) is 5.58 Å². The van der Waals surface area contributed by atoms with Gasteiger partial charge >= 0.3 is 0 Å². The second-order valence-electron chi connectivity index (χ2n) is 7.29. The average Bonchev–Trinajstić information content (AvgIpc) is 3.44. The van der Waals surface area contributed by atoms with Gasteiger partial charge in [-0.05, 0) is 37.8 Å². The molecule has 7 heteroatoms. The minimum atomic E-state index is -0.250. The molecule has 0 N–H and O–H groups in total. The van der Waals surface area contributed by atoms with Gasteiger partial charge in [-0.2, -0.15) is 0 Å². The first kappa shape index (κ1) is 16.2. The molecule has 0 unspecified atom stereocenters. The Hall–Kier alpha value is -2.96. The van der Waals surface area contributed by atoms with Crippen LogP contribution in [0, 0.1) is 0 Å². The number of para-hydroxylation sites is 1. The number of carbonyl (C=O) groups is 1. The zero-order chi connectivity index (χ0) is 18.4. The maximum Gasteiger partial charge on any atom is 0.289 e. The second kappa shape index (κ2) is 6.33. The molecule has 2 fully saturated rings. The molecular weight excluding hydrogens is 346 g/mol. The Balaban J connectivity index is 1.30. The van der Waals surface area contributed by atoms with Crippen molar-refractivity contribution >= 4 is 16.9 Å².